The van der Waals surface area contributed by atoms with Gasteiger partial charge in [-0.1, -0.05) is 18.2 Å². The first-order chi connectivity index (χ1) is 8.72. The van der Waals surface area contributed by atoms with E-state index in [9.17, 15) is 9.59 Å². The van der Waals surface area contributed by atoms with Crippen molar-refractivity contribution in [3.05, 3.63) is 35.4 Å². The van der Waals surface area contributed by atoms with Crippen molar-refractivity contribution in [2.75, 3.05) is 6.61 Å². The Labute approximate surface area is 107 Å². The van der Waals surface area contributed by atoms with E-state index in [0.29, 0.717) is 36.7 Å². The molecule has 2 rings (SSSR count). The van der Waals surface area contributed by atoms with Gasteiger partial charge < -0.3 is 4.74 Å². The van der Waals surface area contributed by atoms with Crippen molar-refractivity contribution in [1.82, 2.24) is 0 Å². The Morgan fingerprint density at radius 2 is 1.94 bits per heavy atom. The van der Waals surface area contributed by atoms with Crippen LogP contribution in [-0.4, -0.2) is 18.4 Å². The van der Waals surface area contributed by atoms with Gasteiger partial charge in [0.1, 0.15) is 5.78 Å². The summed E-state index contributed by atoms with van der Waals surface area (Å²) in [5.41, 5.74) is 1.68. The molecule has 0 radical (unpaired) electrons. The quantitative estimate of drug-likeness (QED) is 0.770. The summed E-state index contributed by atoms with van der Waals surface area (Å²) in [6.07, 6.45) is 2.94. The van der Waals surface area contributed by atoms with Gasteiger partial charge in [0, 0.05) is 12.8 Å². The number of hydrogen-bond donors (Lipinski definition) is 0. The van der Waals surface area contributed by atoms with Crippen LogP contribution in [0.1, 0.15) is 54.4 Å². The van der Waals surface area contributed by atoms with Gasteiger partial charge in [-0.2, -0.15) is 0 Å². The molecule has 1 aromatic carbocycles. The van der Waals surface area contributed by atoms with E-state index in [1.165, 1.54) is 0 Å². The average molecular weight is 246 g/mol. The second-order valence-electron chi connectivity index (χ2n) is 4.62. The number of rotatable bonds is 3. The van der Waals surface area contributed by atoms with Gasteiger partial charge >= 0.3 is 5.97 Å². The summed E-state index contributed by atoms with van der Waals surface area (Å²) in [5, 5.41) is 0. The lowest BCUT2D eigenvalue weighted by atomic mass is 9.81. The van der Waals surface area contributed by atoms with Crippen LogP contribution in [-0.2, 0) is 9.53 Å². The van der Waals surface area contributed by atoms with Crippen LogP contribution >= 0.6 is 0 Å². The van der Waals surface area contributed by atoms with Crippen LogP contribution in [0.15, 0.2) is 24.3 Å². The Balaban J connectivity index is 2.21. The van der Waals surface area contributed by atoms with Gasteiger partial charge in [0.05, 0.1) is 12.2 Å². The predicted octanol–water partition coefficient (Wildman–Crippen LogP) is 3.09. The van der Waals surface area contributed by atoms with E-state index >= 15 is 0 Å². The van der Waals surface area contributed by atoms with Crippen LogP contribution in [0.5, 0.6) is 0 Å². The number of ether oxygens (including phenoxy) is 1. The number of ketones is 1. The average Bonchev–Trinajstić information content (AvgIpc) is 2.40. The first kappa shape index (κ1) is 12.8. The molecule has 0 bridgehead atoms. The van der Waals surface area contributed by atoms with Crippen LogP contribution in [0.3, 0.4) is 0 Å². The standard InChI is InChI=1S/C15H18O3/c1-2-18-15(17)14-6-4-3-5-13(14)11-7-9-12(16)10-8-11/h3-6,11H,2,7-10H2,1H3. The van der Waals surface area contributed by atoms with E-state index in [-0.39, 0.29) is 5.97 Å². The fourth-order valence-electron chi connectivity index (χ4n) is 2.50. The maximum Gasteiger partial charge on any atom is 0.338 e. The summed E-state index contributed by atoms with van der Waals surface area (Å²) in [5.74, 6) is 0.383. The topological polar surface area (TPSA) is 43.4 Å². The first-order valence-corrected chi connectivity index (χ1v) is 6.50. The molecule has 18 heavy (non-hydrogen) atoms. The molecule has 1 saturated carbocycles. The van der Waals surface area contributed by atoms with Crippen LogP contribution in [0, 0.1) is 0 Å². The third kappa shape index (κ3) is 2.78. The van der Waals surface area contributed by atoms with Gasteiger partial charge in [0.2, 0.25) is 0 Å². The van der Waals surface area contributed by atoms with Crippen molar-refractivity contribution < 1.29 is 14.3 Å². The Kier molecular flexibility index (Phi) is 4.13. The van der Waals surface area contributed by atoms with Crippen molar-refractivity contribution in [3.8, 4) is 0 Å². The van der Waals surface area contributed by atoms with Gasteiger partial charge in [-0.25, -0.2) is 4.79 Å². The van der Waals surface area contributed by atoms with Gasteiger partial charge in [0.15, 0.2) is 0 Å². The smallest absolute Gasteiger partial charge is 0.338 e. The molecule has 1 fully saturated rings. The molecule has 3 heteroatoms. The molecule has 0 atom stereocenters. The SMILES string of the molecule is CCOC(=O)c1ccccc1C1CCC(=O)CC1. The van der Waals surface area contributed by atoms with Crippen LogP contribution < -0.4 is 0 Å². The summed E-state index contributed by atoms with van der Waals surface area (Å²) in [4.78, 5) is 23.2. The Hall–Kier alpha value is -1.64. The highest BCUT2D eigenvalue weighted by Gasteiger charge is 2.24. The Morgan fingerprint density at radius 3 is 2.61 bits per heavy atom. The van der Waals surface area contributed by atoms with E-state index in [4.69, 9.17) is 4.74 Å². The Morgan fingerprint density at radius 1 is 1.28 bits per heavy atom. The van der Waals surface area contributed by atoms with Crippen molar-refractivity contribution in [3.63, 3.8) is 0 Å². The lowest BCUT2D eigenvalue weighted by molar-refractivity contribution is -0.120. The molecule has 1 aliphatic rings. The summed E-state index contributed by atoms with van der Waals surface area (Å²) >= 11 is 0. The third-order valence-electron chi connectivity index (χ3n) is 3.44. The van der Waals surface area contributed by atoms with Crippen molar-refractivity contribution in [2.24, 2.45) is 0 Å². The number of carbonyl (C=O) groups excluding carboxylic acids is 2. The number of esters is 1. The maximum absolute atomic E-state index is 11.9. The van der Waals surface area contributed by atoms with E-state index in [1.54, 1.807) is 6.92 Å². The second kappa shape index (κ2) is 5.80. The van der Waals surface area contributed by atoms with Crippen molar-refractivity contribution >= 4 is 11.8 Å². The fourth-order valence-corrected chi connectivity index (χ4v) is 2.50. The molecule has 0 heterocycles. The monoisotopic (exact) mass is 246 g/mol. The highest BCUT2D eigenvalue weighted by Crippen LogP contribution is 2.33. The van der Waals surface area contributed by atoms with Gasteiger partial charge in [-0.3, -0.25) is 4.79 Å². The molecular formula is C15H18O3. The number of carbonyl (C=O) groups is 2. The minimum atomic E-state index is -0.259. The molecule has 0 unspecified atom stereocenters. The zero-order valence-electron chi connectivity index (χ0n) is 10.6. The molecule has 1 aliphatic carbocycles. The normalized spacial score (nSPS) is 16.6. The van der Waals surface area contributed by atoms with Crippen molar-refractivity contribution in [1.29, 1.82) is 0 Å². The predicted molar refractivity (Wildman–Crippen MR) is 68.6 cm³/mol. The number of Topliss-reactive ketones (excluding diaryl/α,β-unsaturated/α-hetero) is 1. The summed E-state index contributed by atoms with van der Waals surface area (Å²) < 4.78 is 5.07. The molecule has 0 aliphatic heterocycles. The van der Waals surface area contributed by atoms with Crippen molar-refractivity contribution in [2.45, 2.75) is 38.5 Å². The summed E-state index contributed by atoms with van der Waals surface area (Å²) in [7, 11) is 0. The van der Waals surface area contributed by atoms with E-state index < -0.39 is 0 Å². The lowest BCUT2D eigenvalue weighted by Crippen LogP contribution is -2.16. The number of hydrogen-bond acceptors (Lipinski definition) is 3. The fraction of sp³-hybridized carbons (Fsp3) is 0.467. The van der Waals surface area contributed by atoms with E-state index in [0.717, 1.165) is 18.4 Å². The third-order valence-corrected chi connectivity index (χ3v) is 3.44. The molecule has 0 amide bonds. The van der Waals surface area contributed by atoms with Gasteiger partial charge in [-0.05, 0) is 37.3 Å². The lowest BCUT2D eigenvalue weighted by Gasteiger charge is -2.23. The highest BCUT2D eigenvalue weighted by molar-refractivity contribution is 5.91. The zero-order valence-corrected chi connectivity index (χ0v) is 10.6. The van der Waals surface area contributed by atoms with Gasteiger partial charge in [-0.15, -0.1) is 0 Å². The molecular weight excluding hydrogens is 228 g/mol. The second-order valence-corrected chi connectivity index (χ2v) is 4.62. The molecule has 1 aromatic rings. The molecule has 0 N–H and O–H groups in total. The molecule has 0 saturated heterocycles. The molecule has 3 nitrogen and oxygen atoms in total. The van der Waals surface area contributed by atoms with Crippen LogP contribution in [0.2, 0.25) is 0 Å². The minimum absolute atomic E-state index is 0.259. The molecule has 0 aromatic heterocycles. The first-order valence-electron chi connectivity index (χ1n) is 6.50. The van der Waals surface area contributed by atoms with Crippen LogP contribution in [0.4, 0.5) is 0 Å². The Bertz CT molecular complexity index is 441. The minimum Gasteiger partial charge on any atom is -0.462 e. The largest absolute Gasteiger partial charge is 0.462 e. The summed E-state index contributed by atoms with van der Waals surface area (Å²) in [6.45, 7) is 2.19. The number of benzene rings is 1. The van der Waals surface area contributed by atoms with Gasteiger partial charge in [0.25, 0.3) is 0 Å². The molecule has 0 spiro atoms. The molecule has 96 valence electrons. The van der Waals surface area contributed by atoms with E-state index in [2.05, 4.69) is 0 Å². The zero-order chi connectivity index (χ0) is 13.0. The maximum atomic E-state index is 11.9. The van der Waals surface area contributed by atoms with E-state index in [1.807, 2.05) is 24.3 Å². The van der Waals surface area contributed by atoms with Crippen LogP contribution in [0.25, 0.3) is 0 Å². The summed E-state index contributed by atoms with van der Waals surface area (Å²) in [6, 6.07) is 7.58. The highest BCUT2D eigenvalue weighted by atomic mass is 16.5.